The van der Waals surface area contributed by atoms with Crippen LogP contribution in [0.25, 0.3) is 16.3 Å². The molecule has 128 valence electrons. The molecule has 0 fully saturated rings. The summed E-state index contributed by atoms with van der Waals surface area (Å²) in [4.78, 5) is 23.6. The van der Waals surface area contributed by atoms with Gasteiger partial charge in [-0.15, -0.1) is 22.7 Å². The molecule has 4 aromatic rings. The molecule has 2 heterocycles. The van der Waals surface area contributed by atoms with Crippen molar-refractivity contribution in [1.29, 1.82) is 0 Å². The Hall–Kier alpha value is -2.83. The topological polar surface area (TPSA) is 46.1 Å². The fraction of sp³-hybridized carbons (Fsp3) is 0.0500. The van der Waals surface area contributed by atoms with E-state index in [0.717, 1.165) is 26.6 Å². The lowest BCUT2D eigenvalue weighted by molar-refractivity contribution is -0.113. The number of benzene rings is 2. The van der Waals surface area contributed by atoms with Crippen LogP contribution < -0.4 is 4.90 Å². The van der Waals surface area contributed by atoms with Crippen LogP contribution in [0.5, 0.6) is 0 Å². The van der Waals surface area contributed by atoms with Crippen molar-refractivity contribution in [2.45, 2.75) is 6.92 Å². The van der Waals surface area contributed by atoms with Crippen molar-refractivity contribution in [1.82, 2.24) is 9.97 Å². The number of aromatic nitrogens is 2. The molecule has 0 unspecified atom stereocenters. The van der Waals surface area contributed by atoms with Gasteiger partial charge in [0.1, 0.15) is 5.01 Å². The van der Waals surface area contributed by atoms with Crippen molar-refractivity contribution < 1.29 is 4.79 Å². The lowest BCUT2D eigenvalue weighted by atomic mass is 10.3. The Labute approximate surface area is 159 Å². The van der Waals surface area contributed by atoms with Gasteiger partial charge in [-0.3, -0.25) is 9.69 Å². The molecule has 0 aliphatic heterocycles. The molecule has 0 spiro atoms. The fourth-order valence-corrected chi connectivity index (χ4v) is 4.23. The minimum Gasteiger partial charge on any atom is -0.269 e. The van der Waals surface area contributed by atoms with Crippen molar-refractivity contribution in [3.63, 3.8) is 0 Å². The SMILES string of the molecule is Cc1csc(N(C(=O)C=Cc2nc3ccccc3s2)c2ccccc2)n1. The van der Waals surface area contributed by atoms with Crippen LogP contribution >= 0.6 is 22.7 Å². The number of carbonyl (C=O) groups is 1. The van der Waals surface area contributed by atoms with E-state index in [1.165, 1.54) is 11.3 Å². The summed E-state index contributed by atoms with van der Waals surface area (Å²) in [6, 6.07) is 17.5. The lowest BCUT2D eigenvalue weighted by Gasteiger charge is -2.18. The predicted octanol–water partition coefficient (Wildman–Crippen LogP) is 5.44. The van der Waals surface area contributed by atoms with Crippen LogP contribution in [0.3, 0.4) is 0 Å². The van der Waals surface area contributed by atoms with Gasteiger partial charge in [-0.25, -0.2) is 9.97 Å². The molecule has 6 heteroatoms. The molecule has 4 nitrogen and oxygen atoms in total. The van der Waals surface area contributed by atoms with Gasteiger partial charge in [-0.2, -0.15) is 0 Å². The van der Waals surface area contributed by atoms with Gasteiger partial charge in [0.15, 0.2) is 5.13 Å². The summed E-state index contributed by atoms with van der Waals surface area (Å²) in [7, 11) is 0. The molecular weight excluding hydrogens is 362 g/mol. The van der Waals surface area contributed by atoms with Crippen LogP contribution in [0.1, 0.15) is 10.7 Å². The zero-order valence-corrected chi connectivity index (χ0v) is 15.6. The molecule has 0 aliphatic carbocycles. The standard InChI is InChI=1S/C20H15N3OS2/c1-14-13-25-20(21-14)23(15-7-3-2-4-8-15)19(24)12-11-18-22-16-9-5-6-10-17(16)26-18/h2-13H,1H3. The number of fused-ring (bicyclic) bond motifs is 1. The Morgan fingerprint density at radius 2 is 1.81 bits per heavy atom. The third-order valence-electron chi connectivity index (χ3n) is 3.71. The number of thiazole rings is 2. The van der Waals surface area contributed by atoms with E-state index >= 15 is 0 Å². The van der Waals surface area contributed by atoms with Crippen molar-refractivity contribution in [3.05, 3.63) is 76.8 Å². The maximum atomic E-state index is 12.9. The number of aryl methyl sites for hydroxylation is 1. The highest BCUT2D eigenvalue weighted by Crippen LogP contribution is 2.29. The molecule has 2 aromatic carbocycles. The van der Waals surface area contributed by atoms with E-state index < -0.39 is 0 Å². The predicted molar refractivity (Wildman–Crippen MR) is 109 cm³/mol. The summed E-state index contributed by atoms with van der Waals surface area (Å²) in [5, 5.41) is 3.41. The number of para-hydroxylation sites is 2. The van der Waals surface area contributed by atoms with Gasteiger partial charge < -0.3 is 0 Å². The number of rotatable bonds is 4. The smallest absolute Gasteiger partial charge is 0.257 e. The van der Waals surface area contributed by atoms with Gasteiger partial charge in [-0.05, 0) is 37.3 Å². The average molecular weight is 377 g/mol. The maximum absolute atomic E-state index is 12.9. The Bertz CT molecular complexity index is 1050. The second-order valence-electron chi connectivity index (χ2n) is 5.63. The Kier molecular flexibility index (Phi) is 4.60. The summed E-state index contributed by atoms with van der Waals surface area (Å²) in [6.45, 7) is 1.92. The number of carbonyl (C=O) groups excluding carboxylic acids is 1. The van der Waals surface area contributed by atoms with Gasteiger partial charge in [-0.1, -0.05) is 30.3 Å². The molecular formula is C20H15N3OS2. The van der Waals surface area contributed by atoms with Crippen LogP contribution in [-0.2, 0) is 4.79 Å². The first-order valence-corrected chi connectivity index (χ1v) is 9.75. The van der Waals surface area contributed by atoms with E-state index in [2.05, 4.69) is 9.97 Å². The Morgan fingerprint density at radius 1 is 1.04 bits per heavy atom. The van der Waals surface area contributed by atoms with Crippen LogP contribution in [0.4, 0.5) is 10.8 Å². The van der Waals surface area contributed by atoms with E-state index in [4.69, 9.17) is 0 Å². The molecule has 2 aromatic heterocycles. The number of hydrogen-bond donors (Lipinski definition) is 0. The van der Waals surface area contributed by atoms with Crippen LogP contribution in [-0.4, -0.2) is 15.9 Å². The summed E-state index contributed by atoms with van der Waals surface area (Å²) < 4.78 is 1.11. The number of hydrogen-bond acceptors (Lipinski definition) is 5. The number of anilines is 2. The Balaban J connectivity index is 1.66. The van der Waals surface area contributed by atoms with Crippen molar-refractivity contribution in [2.75, 3.05) is 4.90 Å². The molecule has 4 rings (SSSR count). The molecule has 26 heavy (non-hydrogen) atoms. The maximum Gasteiger partial charge on any atom is 0.257 e. The minimum absolute atomic E-state index is 0.148. The molecule has 0 radical (unpaired) electrons. The van der Waals surface area contributed by atoms with Gasteiger partial charge in [0.25, 0.3) is 5.91 Å². The molecule has 0 aliphatic rings. The number of amides is 1. The van der Waals surface area contributed by atoms with Gasteiger partial charge in [0.2, 0.25) is 0 Å². The van der Waals surface area contributed by atoms with Crippen LogP contribution in [0.2, 0.25) is 0 Å². The molecule has 0 N–H and O–H groups in total. The fourth-order valence-electron chi connectivity index (χ4n) is 2.53. The first-order valence-electron chi connectivity index (χ1n) is 8.05. The monoisotopic (exact) mass is 377 g/mol. The minimum atomic E-state index is -0.148. The van der Waals surface area contributed by atoms with E-state index in [1.54, 1.807) is 28.4 Å². The zero-order chi connectivity index (χ0) is 17.9. The van der Waals surface area contributed by atoms with Gasteiger partial charge >= 0.3 is 0 Å². The normalized spacial score (nSPS) is 11.3. The third-order valence-corrected chi connectivity index (χ3v) is 5.66. The largest absolute Gasteiger partial charge is 0.269 e. The Morgan fingerprint density at radius 3 is 2.54 bits per heavy atom. The summed E-state index contributed by atoms with van der Waals surface area (Å²) >= 11 is 3.02. The highest BCUT2D eigenvalue weighted by molar-refractivity contribution is 7.19. The summed E-state index contributed by atoms with van der Waals surface area (Å²) in [5.74, 6) is -0.148. The first kappa shape index (κ1) is 16.6. The van der Waals surface area contributed by atoms with E-state index in [-0.39, 0.29) is 5.91 Å². The van der Waals surface area contributed by atoms with Crippen LogP contribution in [0, 0.1) is 6.92 Å². The van der Waals surface area contributed by atoms with Gasteiger partial charge in [0, 0.05) is 11.5 Å². The second kappa shape index (κ2) is 7.19. The van der Waals surface area contributed by atoms with E-state index in [1.807, 2.05) is 66.9 Å². The zero-order valence-electron chi connectivity index (χ0n) is 14.0. The first-order chi connectivity index (χ1) is 12.7. The van der Waals surface area contributed by atoms with E-state index in [0.29, 0.717) is 5.13 Å². The van der Waals surface area contributed by atoms with Crippen molar-refractivity contribution in [2.24, 2.45) is 0 Å². The lowest BCUT2D eigenvalue weighted by Crippen LogP contribution is -2.23. The van der Waals surface area contributed by atoms with Crippen LogP contribution in [0.15, 0.2) is 66.1 Å². The number of nitrogens with zero attached hydrogens (tertiary/aromatic N) is 3. The third kappa shape index (κ3) is 3.42. The summed E-state index contributed by atoms with van der Waals surface area (Å²) in [5.41, 5.74) is 2.63. The van der Waals surface area contributed by atoms with E-state index in [9.17, 15) is 4.79 Å². The highest BCUT2D eigenvalue weighted by atomic mass is 32.1. The molecule has 0 bridgehead atoms. The summed E-state index contributed by atoms with van der Waals surface area (Å²) in [6.07, 6.45) is 3.32. The average Bonchev–Trinajstić information content (AvgIpc) is 3.27. The second-order valence-corrected chi connectivity index (χ2v) is 7.53. The van der Waals surface area contributed by atoms with Gasteiger partial charge in [0.05, 0.1) is 21.6 Å². The molecule has 0 atom stereocenters. The van der Waals surface area contributed by atoms with Crippen molar-refractivity contribution in [3.8, 4) is 0 Å². The molecule has 1 amide bonds. The molecule has 0 saturated heterocycles. The highest BCUT2D eigenvalue weighted by Gasteiger charge is 2.18. The quantitative estimate of drug-likeness (QED) is 0.445. The molecule has 0 saturated carbocycles. The van der Waals surface area contributed by atoms with Crippen molar-refractivity contribution >= 4 is 55.7 Å².